The molecule has 0 radical (unpaired) electrons. The second kappa shape index (κ2) is 5.87. The second-order valence-electron chi connectivity index (χ2n) is 4.60. The van der Waals surface area contributed by atoms with Gasteiger partial charge < -0.3 is 9.63 Å². The highest BCUT2D eigenvalue weighted by Gasteiger charge is 2.22. The van der Waals surface area contributed by atoms with E-state index in [1.54, 1.807) is 24.3 Å². The van der Waals surface area contributed by atoms with Gasteiger partial charge in [0, 0.05) is 17.2 Å². The largest absolute Gasteiger partial charge is 0.391 e. The highest BCUT2D eigenvalue weighted by Crippen LogP contribution is 2.36. The first-order valence-electron chi connectivity index (χ1n) is 6.41. The van der Waals surface area contributed by atoms with Crippen molar-refractivity contribution in [2.75, 3.05) is 0 Å². The molecule has 0 amide bonds. The lowest BCUT2D eigenvalue weighted by atomic mass is 10.0. The summed E-state index contributed by atoms with van der Waals surface area (Å²) in [5, 5.41) is 13.8. The van der Waals surface area contributed by atoms with E-state index in [4.69, 9.17) is 16.1 Å². The van der Waals surface area contributed by atoms with Gasteiger partial charge in [0.05, 0.1) is 17.2 Å². The van der Waals surface area contributed by atoms with Crippen molar-refractivity contribution in [2.24, 2.45) is 0 Å². The predicted molar refractivity (Wildman–Crippen MR) is 78.2 cm³/mol. The lowest BCUT2D eigenvalue weighted by Gasteiger charge is -2.04. The Labute approximate surface area is 129 Å². The molecule has 0 bridgehead atoms. The number of nitrogens with zero attached hydrogens (tertiary/aromatic N) is 1. The molecule has 3 rings (SSSR count). The molecule has 1 heterocycles. The van der Waals surface area contributed by atoms with Crippen LogP contribution in [0.3, 0.4) is 0 Å². The first kappa shape index (κ1) is 14.7. The summed E-state index contributed by atoms with van der Waals surface area (Å²) in [5.41, 5.74) is 0.996. The van der Waals surface area contributed by atoms with E-state index in [0.717, 1.165) is 12.1 Å². The molecule has 1 N–H and O–H groups in total. The molecule has 0 fully saturated rings. The minimum atomic E-state index is -0.784. The molecule has 1 aromatic heterocycles. The number of hydrogen-bond donors (Lipinski definition) is 1. The summed E-state index contributed by atoms with van der Waals surface area (Å²) in [7, 11) is 0. The fraction of sp³-hybridized carbons (Fsp3) is 0.0625. The van der Waals surface area contributed by atoms with Crippen LogP contribution < -0.4 is 0 Å². The molecule has 6 heteroatoms. The van der Waals surface area contributed by atoms with Crippen molar-refractivity contribution >= 4 is 11.6 Å². The molecule has 0 aliphatic heterocycles. The number of aromatic nitrogens is 1. The van der Waals surface area contributed by atoms with E-state index in [0.29, 0.717) is 16.1 Å². The number of hydrogen-bond acceptors (Lipinski definition) is 3. The smallest absolute Gasteiger partial charge is 0.174 e. The van der Waals surface area contributed by atoms with Gasteiger partial charge in [-0.05, 0) is 24.3 Å². The first-order chi connectivity index (χ1) is 10.6. The van der Waals surface area contributed by atoms with E-state index < -0.39 is 18.2 Å². The SMILES string of the molecule is OCc1c(-c2ccc(F)cc2F)noc1-c1ccccc1Cl. The molecule has 0 atom stereocenters. The van der Waals surface area contributed by atoms with Gasteiger partial charge in [-0.3, -0.25) is 0 Å². The fourth-order valence-corrected chi connectivity index (χ4v) is 2.43. The third kappa shape index (κ3) is 2.49. The molecule has 2 aromatic carbocycles. The molecule has 0 unspecified atom stereocenters. The standard InChI is InChI=1S/C16H10ClF2NO2/c17-13-4-2-1-3-10(13)16-12(8-21)15(20-22-16)11-6-5-9(18)7-14(11)19/h1-7,21H,8H2. The lowest BCUT2D eigenvalue weighted by Crippen LogP contribution is -1.92. The quantitative estimate of drug-likeness (QED) is 0.776. The van der Waals surface area contributed by atoms with Crippen LogP contribution >= 0.6 is 11.6 Å². The highest BCUT2D eigenvalue weighted by molar-refractivity contribution is 6.33. The Kier molecular flexibility index (Phi) is 3.92. The number of rotatable bonds is 3. The van der Waals surface area contributed by atoms with E-state index in [-0.39, 0.29) is 17.0 Å². The van der Waals surface area contributed by atoms with Crippen molar-refractivity contribution in [1.82, 2.24) is 5.16 Å². The first-order valence-corrected chi connectivity index (χ1v) is 6.79. The normalized spacial score (nSPS) is 10.9. The maximum Gasteiger partial charge on any atom is 0.174 e. The molecular weight excluding hydrogens is 312 g/mol. The van der Waals surface area contributed by atoms with Crippen molar-refractivity contribution < 1.29 is 18.4 Å². The third-order valence-electron chi connectivity index (χ3n) is 3.25. The molecule has 0 saturated heterocycles. The van der Waals surface area contributed by atoms with Crippen molar-refractivity contribution in [3.05, 3.63) is 64.7 Å². The van der Waals surface area contributed by atoms with Gasteiger partial charge in [-0.2, -0.15) is 0 Å². The fourth-order valence-electron chi connectivity index (χ4n) is 2.21. The number of benzene rings is 2. The monoisotopic (exact) mass is 321 g/mol. The summed E-state index contributed by atoms with van der Waals surface area (Å²) < 4.78 is 32.2. The molecule has 0 aliphatic carbocycles. The molecule has 3 nitrogen and oxygen atoms in total. The van der Waals surface area contributed by atoms with Crippen LogP contribution in [-0.4, -0.2) is 10.3 Å². The van der Waals surface area contributed by atoms with E-state index in [1.807, 2.05) is 0 Å². The second-order valence-corrected chi connectivity index (χ2v) is 5.01. The zero-order valence-electron chi connectivity index (χ0n) is 11.2. The van der Waals surface area contributed by atoms with Gasteiger partial charge in [0.2, 0.25) is 0 Å². The van der Waals surface area contributed by atoms with Gasteiger partial charge in [-0.25, -0.2) is 8.78 Å². The Hall–Kier alpha value is -2.24. The summed E-state index contributed by atoms with van der Waals surface area (Å²) in [5.74, 6) is -1.22. The highest BCUT2D eigenvalue weighted by atomic mass is 35.5. The van der Waals surface area contributed by atoms with Crippen LogP contribution in [0.1, 0.15) is 5.56 Å². The van der Waals surface area contributed by atoms with E-state index in [1.165, 1.54) is 6.07 Å². The number of halogens is 3. The maximum absolute atomic E-state index is 13.9. The van der Waals surface area contributed by atoms with Crippen molar-refractivity contribution in [1.29, 1.82) is 0 Å². The summed E-state index contributed by atoms with van der Waals surface area (Å²) >= 11 is 6.10. The topological polar surface area (TPSA) is 46.3 Å². The van der Waals surface area contributed by atoms with E-state index in [9.17, 15) is 13.9 Å². The third-order valence-corrected chi connectivity index (χ3v) is 3.58. The summed E-state index contributed by atoms with van der Waals surface area (Å²) in [4.78, 5) is 0. The van der Waals surface area contributed by atoms with Gasteiger partial charge in [0.25, 0.3) is 0 Å². The number of aliphatic hydroxyl groups is 1. The van der Waals surface area contributed by atoms with Gasteiger partial charge >= 0.3 is 0 Å². The van der Waals surface area contributed by atoms with Crippen molar-refractivity contribution in [3.8, 4) is 22.6 Å². The van der Waals surface area contributed by atoms with Crippen LogP contribution in [0.5, 0.6) is 0 Å². The average Bonchev–Trinajstić information content (AvgIpc) is 2.91. The molecule has 112 valence electrons. The Balaban J connectivity index is 2.18. The minimum Gasteiger partial charge on any atom is -0.391 e. The summed E-state index contributed by atoms with van der Waals surface area (Å²) in [6, 6.07) is 9.98. The van der Waals surface area contributed by atoms with E-state index >= 15 is 0 Å². The zero-order valence-corrected chi connectivity index (χ0v) is 11.9. The van der Waals surface area contributed by atoms with E-state index in [2.05, 4.69) is 5.16 Å². The molecule has 22 heavy (non-hydrogen) atoms. The molecular formula is C16H10ClF2NO2. The van der Waals surface area contributed by atoms with Crippen molar-refractivity contribution in [2.45, 2.75) is 6.61 Å². The van der Waals surface area contributed by atoms with Gasteiger partial charge in [0.1, 0.15) is 17.3 Å². The van der Waals surface area contributed by atoms with Gasteiger partial charge in [-0.15, -0.1) is 0 Å². The Morgan fingerprint density at radius 3 is 2.55 bits per heavy atom. The maximum atomic E-state index is 13.9. The van der Waals surface area contributed by atoms with Crippen LogP contribution in [0, 0.1) is 11.6 Å². The van der Waals surface area contributed by atoms with Gasteiger partial charge in [-0.1, -0.05) is 28.9 Å². The average molecular weight is 322 g/mol. The minimum absolute atomic E-state index is 0.0486. The van der Waals surface area contributed by atoms with Crippen molar-refractivity contribution in [3.63, 3.8) is 0 Å². The van der Waals surface area contributed by atoms with Crippen LogP contribution in [0.15, 0.2) is 47.0 Å². The number of aliphatic hydroxyl groups excluding tert-OH is 1. The molecule has 0 spiro atoms. The van der Waals surface area contributed by atoms with Crippen LogP contribution in [0.4, 0.5) is 8.78 Å². The Morgan fingerprint density at radius 1 is 1.09 bits per heavy atom. The van der Waals surface area contributed by atoms with Crippen LogP contribution in [0.25, 0.3) is 22.6 Å². The Bertz CT molecular complexity index is 833. The van der Waals surface area contributed by atoms with Crippen LogP contribution in [0.2, 0.25) is 5.02 Å². The summed E-state index contributed by atoms with van der Waals surface area (Å²) in [6.45, 7) is -0.420. The van der Waals surface area contributed by atoms with Gasteiger partial charge in [0.15, 0.2) is 5.76 Å². The zero-order chi connectivity index (χ0) is 15.7. The molecule has 0 saturated carbocycles. The lowest BCUT2D eigenvalue weighted by molar-refractivity contribution is 0.281. The predicted octanol–water partition coefficient (Wildman–Crippen LogP) is 4.43. The molecule has 0 aliphatic rings. The Morgan fingerprint density at radius 2 is 1.86 bits per heavy atom. The summed E-state index contributed by atoms with van der Waals surface area (Å²) in [6.07, 6.45) is 0. The van der Waals surface area contributed by atoms with Crippen LogP contribution in [-0.2, 0) is 6.61 Å². The molecule has 3 aromatic rings.